The number of likely N-dealkylation sites (N-methyl/N-ethyl adjacent to an activating group) is 1. The van der Waals surface area contributed by atoms with Gasteiger partial charge in [0.05, 0.1) is 6.54 Å². The van der Waals surface area contributed by atoms with Crippen LogP contribution in [-0.2, 0) is 20.9 Å². The standard InChI is InChI=1S/C19H22N2O4S/c1-13-7-14(2)9-15(8-13)19(24)20-10-18(23)25-12-17(22)21(3)11-16-5-4-6-26-16/h4-9H,10-12H2,1-3H3,(H,20,24). The average Bonchev–Trinajstić information content (AvgIpc) is 3.09. The second-order valence-corrected chi connectivity index (χ2v) is 7.08. The van der Waals surface area contributed by atoms with Crippen LogP contribution >= 0.6 is 11.3 Å². The Morgan fingerprint density at radius 1 is 1.15 bits per heavy atom. The quantitative estimate of drug-likeness (QED) is 0.755. The molecule has 0 unspecified atom stereocenters. The molecule has 0 spiro atoms. The number of carbonyl (C=O) groups excluding carboxylic acids is 3. The van der Waals surface area contributed by atoms with Crippen molar-refractivity contribution in [2.24, 2.45) is 0 Å². The molecule has 1 N–H and O–H groups in total. The number of nitrogens with zero attached hydrogens (tertiary/aromatic N) is 1. The molecule has 1 aromatic heterocycles. The first kappa shape index (κ1) is 19.7. The van der Waals surface area contributed by atoms with Gasteiger partial charge in [-0.2, -0.15) is 0 Å². The first-order valence-corrected chi connectivity index (χ1v) is 9.01. The molecular formula is C19H22N2O4S. The molecule has 0 bridgehead atoms. The topological polar surface area (TPSA) is 75.7 Å². The molecule has 1 aromatic carbocycles. The predicted octanol–water partition coefficient (Wildman–Crippen LogP) is 2.30. The van der Waals surface area contributed by atoms with Gasteiger partial charge in [-0.05, 0) is 37.4 Å². The van der Waals surface area contributed by atoms with Crippen LogP contribution in [0.2, 0.25) is 0 Å². The molecule has 0 atom stereocenters. The van der Waals surface area contributed by atoms with E-state index < -0.39 is 5.97 Å². The van der Waals surface area contributed by atoms with Gasteiger partial charge in [0.15, 0.2) is 6.61 Å². The van der Waals surface area contributed by atoms with E-state index in [0.717, 1.165) is 16.0 Å². The molecule has 2 rings (SSSR count). The lowest BCUT2D eigenvalue weighted by Crippen LogP contribution is -2.34. The van der Waals surface area contributed by atoms with E-state index in [0.29, 0.717) is 12.1 Å². The highest BCUT2D eigenvalue weighted by molar-refractivity contribution is 7.09. The maximum atomic E-state index is 12.1. The van der Waals surface area contributed by atoms with E-state index in [9.17, 15) is 14.4 Å². The smallest absolute Gasteiger partial charge is 0.325 e. The number of ether oxygens (including phenoxy) is 1. The van der Waals surface area contributed by atoms with Crippen molar-refractivity contribution >= 4 is 29.1 Å². The Morgan fingerprint density at radius 2 is 1.85 bits per heavy atom. The highest BCUT2D eigenvalue weighted by Gasteiger charge is 2.14. The molecule has 0 saturated heterocycles. The van der Waals surface area contributed by atoms with Gasteiger partial charge >= 0.3 is 5.97 Å². The minimum atomic E-state index is -0.652. The third-order valence-corrected chi connectivity index (χ3v) is 4.49. The predicted molar refractivity (Wildman–Crippen MR) is 100 cm³/mol. The molecule has 6 nitrogen and oxygen atoms in total. The minimum Gasteiger partial charge on any atom is -0.454 e. The Hall–Kier alpha value is -2.67. The zero-order valence-corrected chi connectivity index (χ0v) is 15.9. The first-order chi connectivity index (χ1) is 12.3. The number of aryl methyl sites for hydroxylation is 2. The Balaban J connectivity index is 1.74. The highest BCUT2D eigenvalue weighted by Crippen LogP contribution is 2.11. The lowest BCUT2D eigenvalue weighted by atomic mass is 10.1. The molecule has 0 fully saturated rings. The third-order valence-electron chi connectivity index (χ3n) is 3.63. The van der Waals surface area contributed by atoms with E-state index in [4.69, 9.17) is 4.74 Å². The number of amides is 2. The summed E-state index contributed by atoms with van der Waals surface area (Å²) in [4.78, 5) is 38.4. The van der Waals surface area contributed by atoms with Crippen LogP contribution in [0, 0.1) is 13.8 Å². The molecule has 7 heteroatoms. The van der Waals surface area contributed by atoms with Gasteiger partial charge in [-0.25, -0.2) is 0 Å². The Labute approximate surface area is 156 Å². The average molecular weight is 374 g/mol. The van der Waals surface area contributed by atoms with Crippen molar-refractivity contribution in [3.63, 3.8) is 0 Å². The monoisotopic (exact) mass is 374 g/mol. The van der Waals surface area contributed by atoms with Crippen molar-refractivity contribution in [3.8, 4) is 0 Å². The van der Waals surface area contributed by atoms with Gasteiger partial charge in [-0.3, -0.25) is 14.4 Å². The first-order valence-electron chi connectivity index (χ1n) is 8.13. The second-order valence-electron chi connectivity index (χ2n) is 6.05. The Morgan fingerprint density at radius 3 is 2.46 bits per heavy atom. The van der Waals surface area contributed by atoms with Crippen molar-refractivity contribution in [1.82, 2.24) is 10.2 Å². The molecule has 2 amide bonds. The number of carbonyl (C=O) groups is 3. The largest absolute Gasteiger partial charge is 0.454 e. The molecule has 0 aliphatic heterocycles. The summed E-state index contributed by atoms with van der Waals surface area (Å²) in [5.41, 5.74) is 2.43. The summed E-state index contributed by atoms with van der Waals surface area (Å²) in [5.74, 6) is -1.30. The van der Waals surface area contributed by atoms with Gasteiger partial charge in [-0.1, -0.05) is 23.3 Å². The highest BCUT2D eigenvalue weighted by atomic mass is 32.1. The number of nitrogens with one attached hydrogen (secondary N) is 1. The van der Waals surface area contributed by atoms with Crippen LogP contribution in [-0.4, -0.2) is 42.9 Å². The van der Waals surface area contributed by atoms with E-state index in [1.54, 1.807) is 30.5 Å². The lowest BCUT2D eigenvalue weighted by molar-refractivity contribution is -0.150. The lowest BCUT2D eigenvalue weighted by Gasteiger charge is -2.16. The third kappa shape index (κ3) is 6.00. The fourth-order valence-electron chi connectivity index (χ4n) is 2.39. The van der Waals surface area contributed by atoms with Crippen LogP contribution in [0.15, 0.2) is 35.7 Å². The molecule has 1 heterocycles. The normalized spacial score (nSPS) is 10.3. The van der Waals surface area contributed by atoms with Crippen molar-refractivity contribution in [2.45, 2.75) is 20.4 Å². The zero-order chi connectivity index (χ0) is 19.1. The van der Waals surface area contributed by atoms with Crippen LogP contribution in [0.3, 0.4) is 0 Å². The van der Waals surface area contributed by atoms with Crippen molar-refractivity contribution in [2.75, 3.05) is 20.2 Å². The molecule has 0 aliphatic carbocycles. The fourth-order valence-corrected chi connectivity index (χ4v) is 3.15. The minimum absolute atomic E-state index is 0.284. The summed E-state index contributed by atoms with van der Waals surface area (Å²) in [6, 6.07) is 9.30. The van der Waals surface area contributed by atoms with Crippen LogP contribution in [0.5, 0.6) is 0 Å². The van der Waals surface area contributed by atoms with E-state index in [2.05, 4.69) is 5.32 Å². The van der Waals surface area contributed by atoms with E-state index in [1.807, 2.05) is 37.4 Å². The van der Waals surface area contributed by atoms with Gasteiger partial charge in [0.25, 0.3) is 11.8 Å². The second kappa shape index (κ2) is 9.15. The molecule has 0 radical (unpaired) electrons. The van der Waals surface area contributed by atoms with Gasteiger partial charge in [0.1, 0.15) is 6.54 Å². The number of hydrogen-bond acceptors (Lipinski definition) is 5. The zero-order valence-electron chi connectivity index (χ0n) is 15.1. The molecule has 138 valence electrons. The van der Waals surface area contributed by atoms with E-state index >= 15 is 0 Å². The molecule has 0 saturated carbocycles. The van der Waals surface area contributed by atoms with Gasteiger partial charge in [0, 0.05) is 17.5 Å². The van der Waals surface area contributed by atoms with Gasteiger partial charge in [0.2, 0.25) is 0 Å². The molecule has 0 aliphatic rings. The number of rotatable bonds is 7. The Kier molecular flexibility index (Phi) is 6.91. The fraction of sp³-hybridized carbons (Fsp3) is 0.316. The summed E-state index contributed by atoms with van der Waals surface area (Å²) in [5, 5.41) is 4.44. The van der Waals surface area contributed by atoms with Crippen LogP contribution in [0.4, 0.5) is 0 Å². The van der Waals surface area contributed by atoms with E-state index in [-0.39, 0.29) is 25.0 Å². The van der Waals surface area contributed by atoms with E-state index in [1.165, 1.54) is 4.90 Å². The summed E-state index contributed by atoms with van der Waals surface area (Å²) >= 11 is 1.56. The molecule has 26 heavy (non-hydrogen) atoms. The van der Waals surface area contributed by atoms with Crippen molar-refractivity contribution < 1.29 is 19.1 Å². The van der Waals surface area contributed by atoms with Crippen molar-refractivity contribution in [1.29, 1.82) is 0 Å². The maximum absolute atomic E-state index is 12.1. The number of hydrogen-bond donors (Lipinski definition) is 1. The summed E-state index contributed by atoms with van der Waals surface area (Å²) in [6.45, 7) is 3.64. The van der Waals surface area contributed by atoms with Gasteiger partial charge in [-0.15, -0.1) is 11.3 Å². The summed E-state index contributed by atoms with van der Waals surface area (Å²) < 4.78 is 4.94. The number of benzene rings is 1. The summed E-state index contributed by atoms with van der Waals surface area (Å²) in [7, 11) is 1.65. The molecular weight excluding hydrogens is 352 g/mol. The SMILES string of the molecule is Cc1cc(C)cc(C(=O)NCC(=O)OCC(=O)N(C)Cc2cccs2)c1. The van der Waals surface area contributed by atoms with Crippen LogP contribution in [0.1, 0.15) is 26.4 Å². The Bertz CT molecular complexity index is 767. The summed E-state index contributed by atoms with van der Waals surface area (Å²) in [6.07, 6.45) is 0. The van der Waals surface area contributed by atoms with Crippen LogP contribution in [0.25, 0.3) is 0 Å². The van der Waals surface area contributed by atoms with Crippen molar-refractivity contribution in [3.05, 3.63) is 57.3 Å². The van der Waals surface area contributed by atoms with Crippen LogP contribution < -0.4 is 5.32 Å². The maximum Gasteiger partial charge on any atom is 0.325 e. The van der Waals surface area contributed by atoms with Gasteiger partial charge < -0.3 is 15.0 Å². The molecule has 2 aromatic rings. The number of esters is 1. The number of thiophene rings is 1.